The molecule has 0 aliphatic carbocycles. The molecule has 20 heavy (non-hydrogen) atoms. The zero-order chi connectivity index (χ0) is 14.9. The highest BCUT2D eigenvalue weighted by Gasteiger charge is 2.31. The highest BCUT2D eigenvalue weighted by Crippen LogP contribution is 2.23. The van der Waals surface area contributed by atoms with Crippen LogP contribution in [0.25, 0.3) is 0 Å². The molecule has 0 saturated carbocycles. The van der Waals surface area contributed by atoms with E-state index in [0.29, 0.717) is 24.9 Å². The molecule has 1 atom stereocenters. The highest BCUT2D eigenvalue weighted by atomic mass is 127. The molecule has 1 amide bonds. The minimum atomic E-state index is -3.60. The number of likely N-dealkylation sites (tertiary alicyclic amines) is 1. The van der Waals surface area contributed by atoms with Gasteiger partial charge in [0.25, 0.3) is 5.91 Å². The van der Waals surface area contributed by atoms with Gasteiger partial charge in [-0.1, -0.05) is 15.9 Å². The Balaban J connectivity index is 2.23. The van der Waals surface area contributed by atoms with Crippen LogP contribution in [0.4, 0.5) is 0 Å². The Morgan fingerprint density at radius 2 is 2.15 bits per heavy atom. The van der Waals surface area contributed by atoms with Crippen molar-refractivity contribution in [3.05, 3.63) is 31.8 Å². The van der Waals surface area contributed by atoms with Crippen molar-refractivity contribution in [2.75, 3.05) is 13.1 Å². The second-order valence-electron chi connectivity index (χ2n) is 4.73. The van der Waals surface area contributed by atoms with E-state index in [2.05, 4.69) is 38.5 Å². The molecular weight excluding hydrogens is 459 g/mol. The van der Waals surface area contributed by atoms with Crippen molar-refractivity contribution < 1.29 is 13.2 Å². The molecule has 2 N–H and O–H groups in total. The van der Waals surface area contributed by atoms with Gasteiger partial charge in [0.1, 0.15) is 0 Å². The van der Waals surface area contributed by atoms with Crippen LogP contribution in [0, 0.1) is 3.57 Å². The van der Waals surface area contributed by atoms with Crippen molar-refractivity contribution in [1.29, 1.82) is 0 Å². The number of amides is 1. The Labute approximate surface area is 140 Å². The van der Waals surface area contributed by atoms with E-state index in [1.54, 1.807) is 11.0 Å². The van der Waals surface area contributed by atoms with Crippen LogP contribution in [-0.2, 0) is 10.0 Å². The Morgan fingerprint density at radius 1 is 1.45 bits per heavy atom. The van der Waals surface area contributed by atoms with Crippen LogP contribution < -0.4 is 5.14 Å². The van der Waals surface area contributed by atoms with Gasteiger partial charge in [-0.05, 0) is 53.6 Å². The molecule has 0 spiro atoms. The smallest absolute Gasteiger partial charge is 0.255 e. The van der Waals surface area contributed by atoms with Crippen molar-refractivity contribution in [2.45, 2.75) is 18.1 Å². The number of rotatable bonds is 2. The fraction of sp³-hybridized carbons (Fsp3) is 0.417. The zero-order valence-electron chi connectivity index (χ0n) is 10.6. The van der Waals surface area contributed by atoms with Crippen LogP contribution in [0.1, 0.15) is 23.2 Å². The third-order valence-electron chi connectivity index (χ3n) is 3.29. The van der Waals surface area contributed by atoms with E-state index >= 15 is 0 Å². The minimum absolute atomic E-state index is 0.149. The van der Waals surface area contributed by atoms with Crippen LogP contribution in [0.5, 0.6) is 0 Å². The number of nitrogens with two attached hydrogens (primary N) is 1. The summed E-state index contributed by atoms with van der Waals surface area (Å²) >= 11 is 5.44. The number of hydrogen-bond donors (Lipinski definition) is 1. The van der Waals surface area contributed by atoms with Crippen LogP contribution in [0.2, 0.25) is 0 Å². The maximum absolute atomic E-state index is 12.5. The average molecular weight is 473 g/mol. The largest absolute Gasteiger partial charge is 0.337 e. The van der Waals surface area contributed by atoms with E-state index in [4.69, 9.17) is 5.14 Å². The molecule has 5 nitrogen and oxygen atoms in total. The standard InChI is InChI=1S/C12H14BrIN2O3S/c13-8-3-4-11(14)10(6-8)12(17)16-5-1-2-9(7-16)20(15,18)19/h3-4,6,9H,1-2,5,7H2,(H2,15,18,19). The van der Waals surface area contributed by atoms with Crippen molar-refractivity contribution in [1.82, 2.24) is 4.90 Å². The van der Waals surface area contributed by atoms with Gasteiger partial charge in [-0.25, -0.2) is 13.6 Å². The molecule has 110 valence electrons. The average Bonchev–Trinajstić information content (AvgIpc) is 2.40. The van der Waals surface area contributed by atoms with E-state index in [1.165, 1.54) is 0 Å². The first-order valence-corrected chi connectivity index (χ1v) is 9.53. The molecule has 1 aromatic carbocycles. The molecule has 1 aromatic rings. The Hall–Kier alpha value is -0.190. The lowest BCUT2D eigenvalue weighted by molar-refractivity contribution is 0.0726. The molecule has 8 heteroatoms. The van der Waals surface area contributed by atoms with Gasteiger partial charge in [-0.15, -0.1) is 0 Å². The molecule has 1 aliphatic heterocycles. The van der Waals surface area contributed by atoms with E-state index < -0.39 is 15.3 Å². The molecule has 0 radical (unpaired) electrons. The first-order valence-electron chi connectivity index (χ1n) is 6.05. The summed E-state index contributed by atoms with van der Waals surface area (Å²) in [7, 11) is -3.60. The van der Waals surface area contributed by atoms with E-state index in [-0.39, 0.29) is 12.5 Å². The van der Waals surface area contributed by atoms with Gasteiger partial charge in [0, 0.05) is 21.1 Å². The predicted molar refractivity (Wildman–Crippen MR) is 88.9 cm³/mol. The quantitative estimate of drug-likeness (QED) is 0.668. The molecule has 1 fully saturated rings. The number of sulfonamides is 1. The number of benzene rings is 1. The SMILES string of the molecule is NS(=O)(=O)C1CCCN(C(=O)c2cc(Br)ccc2I)C1. The molecule has 1 unspecified atom stereocenters. The second kappa shape index (κ2) is 6.29. The zero-order valence-corrected chi connectivity index (χ0v) is 15.1. The molecule has 0 bridgehead atoms. The van der Waals surface area contributed by atoms with Crippen molar-refractivity contribution in [3.63, 3.8) is 0 Å². The van der Waals surface area contributed by atoms with Crippen LogP contribution >= 0.6 is 38.5 Å². The highest BCUT2D eigenvalue weighted by molar-refractivity contribution is 14.1. The lowest BCUT2D eigenvalue weighted by atomic mass is 10.1. The summed E-state index contributed by atoms with van der Waals surface area (Å²) in [6.45, 7) is 0.730. The molecule has 1 heterocycles. The van der Waals surface area contributed by atoms with Gasteiger partial charge in [-0.2, -0.15) is 0 Å². The second-order valence-corrected chi connectivity index (χ2v) is 8.65. The van der Waals surface area contributed by atoms with Crippen molar-refractivity contribution >= 4 is 54.5 Å². The minimum Gasteiger partial charge on any atom is -0.337 e. The fourth-order valence-corrected chi connectivity index (χ4v) is 4.03. The predicted octanol–water partition coefficient (Wildman–Crippen LogP) is 1.95. The molecule has 2 rings (SSSR count). The lowest BCUT2D eigenvalue weighted by Crippen LogP contribution is -2.47. The lowest BCUT2D eigenvalue weighted by Gasteiger charge is -2.31. The Kier molecular flexibility index (Phi) is 5.09. The summed E-state index contributed by atoms with van der Waals surface area (Å²) in [6.07, 6.45) is 1.16. The summed E-state index contributed by atoms with van der Waals surface area (Å²) in [5.74, 6) is -0.149. The number of piperidine rings is 1. The molecular formula is C12H14BrIN2O3S. The van der Waals surface area contributed by atoms with Gasteiger partial charge in [-0.3, -0.25) is 4.79 Å². The van der Waals surface area contributed by atoms with E-state index in [0.717, 1.165) is 8.04 Å². The maximum Gasteiger partial charge on any atom is 0.255 e. The summed E-state index contributed by atoms with van der Waals surface area (Å²) in [5, 5.41) is 4.53. The van der Waals surface area contributed by atoms with Gasteiger partial charge < -0.3 is 4.90 Å². The number of carbonyl (C=O) groups excluding carboxylic acids is 1. The number of hydrogen-bond acceptors (Lipinski definition) is 3. The Bertz CT molecular complexity index is 636. The maximum atomic E-state index is 12.5. The van der Waals surface area contributed by atoms with Crippen molar-refractivity contribution in [2.24, 2.45) is 5.14 Å². The van der Waals surface area contributed by atoms with Crippen LogP contribution in [0.3, 0.4) is 0 Å². The summed E-state index contributed by atoms with van der Waals surface area (Å²) in [4.78, 5) is 14.1. The van der Waals surface area contributed by atoms with Crippen LogP contribution in [0.15, 0.2) is 22.7 Å². The van der Waals surface area contributed by atoms with Gasteiger partial charge >= 0.3 is 0 Å². The molecule has 0 aromatic heterocycles. The number of halogens is 2. The molecule has 1 saturated heterocycles. The van der Waals surface area contributed by atoms with Gasteiger partial charge in [0.2, 0.25) is 10.0 Å². The third-order valence-corrected chi connectivity index (χ3v) is 6.04. The van der Waals surface area contributed by atoms with Crippen LogP contribution in [-0.4, -0.2) is 37.6 Å². The fourth-order valence-electron chi connectivity index (χ4n) is 2.22. The summed E-state index contributed by atoms with van der Waals surface area (Å²) in [6, 6.07) is 5.46. The molecule has 1 aliphatic rings. The monoisotopic (exact) mass is 472 g/mol. The number of carbonyl (C=O) groups is 1. The van der Waals surface area contributed by atoms with E-state index in [1.807, 2.05) is 12.1 Å². The number of primary sulfonamides is 1. The van der Waals surface area contributed by atoms with Gasteiger partial charge in [0.15, 0.2) is 0 Å². The Morgan fingerprint density at radius 3 is 2.80 bits per heavy atom. The van der Waals surface area contributed by atoms with Crippen molar-refractivity contribution in [3.8, 4) is 0 Å². The number of nitrogens with zero attached hydrogens (tertiary/aromatic N) is 1. The topological polar surface area (TPSA) is 80.5 Å². The van der Waals surface area contributed by atoms with E-state index in [9.17, 15) is 13.2 Å². The normalized spacial score (nSPS) is 19.9. The van der Waals surface area contributed by atoms with Gasteiger partial charge in [0.05, 0.1) is 10.8 Å². The summed E-state index contributed by atoms with van der Waals surface area (Å²) in [5.41, 5.74) is 0.579. The first-order chi connectivity index (χ1) is 9.29. The first kappa shape index (κ1) is 16.2. The third kappa shape index (κ3) is 3.71. The summed E-state index contributed by atoms with van der Waals surface area (Å²) < 4.78 is 24.5.